The molecule has 1 aliphatic heterocycles. The predicted octanol–water partition coefficient (Wildman–Crippen LogP) is 9.37. The van der Waals surface area contributed by atoms with Gasteiger partial charge in [0.2, 0.25) is 5.91 Å². The number of ether oxygens (including phenoxy) is 1. The number of rotatable bonds is 9. The summed E-state index contributed by atoms with van der Waals surface area (Å²) in [4.78, 5) is 14.6. The Hall–Kier alpha value is -2.82. The number of anilines is 1. The van der Waals surface area contributed by atoms with Crippen LogP contribution in [0.1, 0.15) is 84.8 Å². The Balaban J connectivity index is 0.000000618. The summed E-state index contributed by atoms with van der Waals surface area (Å²) in [6, 6.07) is 14.7. The van der Waals surface area contributed by atoms with Crippen LogP contribution in [0.15, 0.2) is 77.4 Å². The van der Waals surface area contributed by atoms with Crippen molar-refractivity contribution >= 4 is 26.4 Å². The highest BCUT2D eigenvalue weighted by Gasteiger charge is 2.29. The van der Waals surface area contributed by atoms with Gasteiger partial charge >= 0.3 is 0 Å². The van der Waals surface area contributed by atoms with E-state index in [2.05, 4.69) is 32.2 Å². The molecule has 0 aromatic heterocycles. The van der Waals surface area contributed by atoms with Crippen molar-refractivity contribution in [3.63, 3.8) is 0 Å². The van der Waals surface area contributed by atoms with Gasteiger partial charge in [-0.1, -0.05) is 84.5 Å². The minimum Gasteiger partial charge on any atom is -0.489 e. The second kappa shape index (κ2) is 18.1. The number of amides is 1. The molecule has 1 heterocycles. The van der Waals surface area contributed by atoms with E-state index in [1.807, 2.05) is 67.3 Å². The molecule has 2 aliphatic rings. The maximum absolute atomic E-state index is 14.1. The third-order valence-corrected chi connectivity index (χ3v) is 7.95. The molecule has 2 unspecified atom stereocenters. The van der Waals surface area contributed by atoms with E-state index >= 15 is 0 Å². The molecule has 1 fully saturated rings. The average Bonchev–Trinajstić information content (AvgIpc) is 3.38. The van der Waals surface area contributed by atoms with Crippen LogP contribution >= 0.6 is 9.24 Å². The number of carbonyl (C=O) groups excluding carboxylic acids is 1. The number of allylic oxidation sites excluding steroid dienone is 5. The van der Waals surface area contributed by atoms with Crippen LogP contribution in [0.25, 0.3) is 5.57 Å². The fourth-order valence-corrected chi connectivity index (χ4v) is 4.90. The highest BCUT2D eigenvalue weighted by atomic mass is 31.0. The molecule has 1 amide bonds. The summed E-state index contributed by atoms with van der Waals surface area (Å²) in [6.07, 6.45) is 10.9. The summed E-state index contributed by atoms with van der Waals surface area (Å²) in [5.41, 5.74) is 2.66. The first-order chi connectivity index (χ1) is 20.5. The molecule has 7 heteroatoms. The van der Waals surface area contributed by atoms with Crippen molar-refractivity contribution in [2.75, 3.05) is 25.1 Å². The fourth-order valence-electron chi connectivity index (χ4n) is 4.75. The maximum Gasteiger partial charge on any atom is 0.280 e. The monoisotopic (exact) mass is 612 g/mol. The van der Waals surface area contributed by atoms with Crippen LogP contribution in [-0.4, -0.2) is 37.8 Å². The van der Waals surface area contributed by atoms with Crippen LogP contribution < -0.4 is 15.0 Å². The Morgan fingerprint density at radius 3 is 2.23 bits per heavy atom. The molecule has 4 rings (SSSR count). The van der Waals surface area contributed by atoms with E-state index in [-0.39, 0.29) is 24.1 Å². The minimum absolute atomic E-state index is 0.0164. The first-order valence-electron chi connectivity index (χ1n) is 15.5. The molecule has 0 spiro atoms. The Labute approximate surface area is 260 Å². The molecule has 1 saturated carbocycles. The highest BCUT2D eigenvalue weighted by Crippen LogP contribution is 2.37. The smallest absolute Gasteiger partial charge is 0.280 e. The van der Waals surface area contributed by atoms with Crippen LogP contribution in [0, 0.1) is 0 Å². The Kier molecular flexibility index (Phi) is 15.3. The SMILES string of the molecule is CC=C1CCC1.CCC.CCC(NC)C(=O)N1CCc2cc(OC/C(C)=C/C(=C(\C)C(F)(F)P)c3ccccc3)ccc21. The number of nitrogens with zero attached hydrogens (tertiary/aromatic N) is 1. The standard InChI is InChI=1S/C27H33F2N2O2P.C6H10.C3H8/c1-5-24(30-4)26(32)31-14-13-21-16-22(11-12-25(21)31)33-17-18(2)15-23(19(3)27(28,29)34)20-9-7-6-8-10-20;1-2-6-4-3-5-6;1-3-2/h6-12,15-16,24,30H,5,13-14,17,34H2,1-4H3;2H,3-5H2,1H3;3H2,1-2H3/b18-15+,23-19-;;. The zero-order chi connectivity index (χ0) is 32.0. The van der Waals surface area contributed by atoms with Crippen molar-refractivity contribution < 1.29 is 18.3 Å². The summed E-state index contributed by atoms with van der Waals surface area (Å²) in [6.45, 7) is 12.6. The largest absolute Gasteiger partial charge is 0.489 e. The summed E-state index contributed by atoms with van der Waals surface area (Å²) in [5, 5.41) is 3.07. The lowest BCUT2D eigenvalue weighted by Crippen LogP contribution is -2.44. The number of alkyl halides is 2. The molecular formula is C36H51F2N2O2P. The van der Waals surface area contributed by atoms with Crippen molar-refractivity contribution in [3.8, 4) is 5.75 Å². The number of fused-ring (bicyclic) bond motifs is 1. The van der Waals surface area contributed by atoms with E-state index in [9.17, 15) is 13.6 Å². The van der Waals surface area contributed by atoms with Crippen molar-refractivity contribution in [3.05, 3.63) is 88.5 Å². The number of benzene rings is 2. The maximum atomic E-state index is 14.1. The molecule has 4 nitrogen and oxygen atoms in total. The molecule has 1 N–H and O–H groups in total. The number of halogens is 2. The number of hydrogen-bond acceptors (Lipinski definition) is 3. The second-order valence-electron chi connectivity index (χ2n) is 11.1. The lowest BCUT2D eigenvalue weighted by molar-refractivity contribution is -0.120. The molecule has 43 heavy (non-hydrogen) atoms. The van der Waals surface area contributed by atoms with Crippen LogP contribution in [0.5, 0.6) is 5.75 Å². The van der Waals surface area contributed by atoms with Gasteiger partial charge < -0.3 is 15.0 Å². The van der Waals surface area contributed by atoms with E-state index in [1.54, 1.807) is 27.9 Å². The van der Waals surface area contributed by atoms with Crippen molar-refractivity contribution in [1.82, 2.24) is 5.32 Å². The highest BCUT2D eigenvalue weighted by molar-refractivity contribution is 7.18. The molecular weight excluding hydrogens is 561 g/mol. The topological polar surface area (TPSA) is 41.6 Å². The quantitative estimate of drug-likeness (QED) is 0.174. The van der Waals surface area contributed by atoms with Gasteiger partial charge in [-0.15, -0.1) is 0 Å². The number of nitrogens with one attached hydrogen (secondary N) is 1. The van der Waals surface area contributed by atoms with Gasteiger partial charge in [-0.05, 0) is 100 Å². The third kappa shape index (κ3) is 11.0. The van der Waals surface area contributed by atoms with Gasteiger partial charge in [0.1, 0.15) is 12.4 Å². The van der Waals surface area contributed by atoms with Gasteiger partial charge in [-0.2, -0.15) is 8.78 Å². The van der Waals surface area contributed by atoms with Crippen molar-refractivity contribution in [2.24, 2.45) is 0 Å². The zero-order valence-electron chi connectivity index (χ0n) is 27.1. The summed E-state index contributed by atoms with van der Waals surface area (Å²) >= 11 is 0. The molecule has 0 bridgehead atoms. The van der Waals surface area contributed by atoms with E-state index in [4.69, 9.17) is 4.74 Å². The lowest BCUT2D eigenvalue weighted by Gasteiger charge is -2.23. The van der Waals surface area contributed by atoms with Crippen LogP contribution in [0.2, 0.25) is 0 Å². The van der Waals surface area contributed by atoms with E-state index in [0.717, 1.165) is 35.2 Å². The summed E-state index contributed by atoms with van der Waals surface area (Å²) in [5.74, 6) is 0.775. The Morgan fingerprint density at radius 2 is 1.74 bits per heavy atom. The summed E-state index contributed by atoms with van der Waals surface area (Å²) in [7, 11) is 3.42. The summed E-state index contributed by atoms with van der Waals surface area (Å²) < 4.78 is 34.1. The number of carbonyl (C=O) groups is 1. The minimum atomic E-state index is -3.00. The van der Waals surface area contributed by atoms with Gasteiger partial charge in [0.05, 0.1) is 6.04 Å². The molecule has 0 saturated heterocycles. The van der Waals surface area contributed by atoms with Crippen LogP contribution in [0.3, 0.4) is 0 Å². The van der Waals surface area contributed by atoms with Gasteiger partial charge in [-0.3, -0.25) is 4.79 Å². The van der Waals surface area contributed by atoms with Crippen molar-refractivity contribution in [1.29, 1.82) is 0 Å². The normalized spacial score (nSPS) is 15.5. The first-order valence-corrected chi connectivity index (χ1v) is 16.1. The van der Waals surface area contributed by atoms with Crippen molar-refractivity contribution in [2.45, 2.75) is 91.8 Å². The van der Waals surface area contributed by atoms with E-state index < -0.39 is 5.66 Å². The van der Waals surface area contributed by atoms with Gasteiger partial charge in [0.25, 0.3) is 5.66 Å². The van der Waals surface area contributed by atoms with Gasteiger partial charge in [0, 0.05) is 17.8 Å². The van der Waals surface area contributed by atoms with E-state index in [0.29, 0.717) is 17.9 Å². The first kappa shape index (κ1) is 36.4. The molecule has 236 valence electrons. The third-order valence-electron chi connectivity index (χ3n) is 7.52. The fraction of sp³-hybridized carbons (Fsp3) is 0.472. The molecule has 0 radical (unpaired) electrons. The zero-order valence-corrected chi connectivity index (χ0v) is 28.3. The van der Waals surface area contributed by atoms with Crippen LogP contribution in [-0.2, 0) is 11.2 Å². The lowest BCUT2D eigenvalue weighted by atomic mass is 9.93. The molecule has 2 aromatic carbocycles. The second-order valence-corrected chi connectivity index (χ2v) is 11.8. The predicted molar refractivity (Wildman–Crippen MR) is 182 cm³/mol. The molecule has 2 aromatic rings. The van der Waals surface area contributed by atoms with Crippen LogP contribution in [0.4, 0.5) is 14.5 Å². The van der Waals surface area contributed by atoms with E-state index in [1.165, 1.54) is 32.6 Å². The van der Waals surface area contributed by atoms with Gasteiger partial charge in [0.15, 0.2) is 0 Å². The molecule has 1 aliphatic carbocycles. The molecule has 2 atom stereocenters. The number of likely N-dealkylation sites (N-methyl/N-ethyl adjacent to an activating group) is 1. The Bertz CT molecular complexity index is 1260. The average molecular weight is 613 g/mol. The van der Waals surface area contributed by atoms with Gasteiger partial charge in [-0.25, -0.2) is 0 Å². The number of hydrogen-bond donors (Lipinski definition) is 1. The Morgan fingerprint density at radius 1 is 1.09 bits per heavy atom.